The highest BCUT2D eigenvalue weighted by Gasteiger charge is 2.00. The summed E-state index contributed by atoms with van der Waals surface area (Å²) < 4.78 is 0. The van der Waals surface area contributed by atoms with Gasteiger partial charge in [-0.25, -0.2) is 0 Å². The molecule has 0 unspecified atom stereocenters. The highest BCUT2D eigenvalue weighted by Crippen LogP contribution is 2.13. The lowest BCUT2D eigenvalue weighted by Crippen LogP contribution is -1.91. The van der Waals surface area contributed by atoms with Crippen molar-refractivity contribution in [3.63, 3.8) is 0 Å². The van der Waals surface area contributed by atoms with E-state index in [1.165, 1.54) is 5.56 Å². The third kappa shape index (κ3) is 44.0. The summed E-state index contributed by atoms with van der Waals surface area (Å²) in [6.45, 7) is 9.33. The first-order chi connectivity index (χ1) is 35.1. The average molecular weight is 875 g/mol. The van der Waals surface area contributed by atoms with Crippen molar-refractivity contribution in [1.82, 2.24) is 0 Å². The second-order valence-electron chi connectivity index (χ2n) is 10.4. The SMILES string of the molecule is CC#CC#CC#CC#CC#CC#CC#CC#CC#CC#CC#CC#CC#CC#CC#CC#CC#CC#CC#CC#CC#CC#CC#CC#CC#CC#CC#CC#CC#CC.Cc1cc(C)c(C=O)c(C)c1. The van der Waals surface area contributed by atoms with E-state index in [0.717, 1.165) is 23.0 Å². The minimum atomic E-state index is 0.829. The molecule has 0 aliphatic carbocycles. The van der Waals surface area contributed by atoms with Gasteiger partial charge in [-0.15, -0.1) is 0 Å². The van der Waals surface area contributed by atoms with Gasteiger partial charge in [-0.1, -0.05) is 29.5 Å². The number of carbonyl (C=O) groups excluding carboxylic acids is 1. The molecule has 0 fully saturated rings. The molecule has 0 aliphatic heterocycles. The second-order valence-corrected chi connectivity index (χ2v) is 10.4. The molecule has 0 amide bonds. The number of rotatable bonds is 1. The van der Waals surface area contributed by atoms with Crippen LogP contribution >= 0.6 is 0 Å². The van der Waals surface area contributed by atoms with Crippen LogP contribution in [0.2, 0.25) is 0 Å². The molecule has 0 aliphatic rings. The van der Waals surface area contributed by atoms with Crippen LogP contribution in [0, 0.1) is 364 Å². The molecule has 1 nitrogen and oxygen atoms in total. The first-order valence-electron chi connectivity index (χ1n) is 18.9. The number of aldehydes is 1. The maximum Gasteiger partial charge on any atom is 0.150 e. The number of hydrogen-bond acceptors (Lipinski definition) is 1. The Morgan fingerprint density at radius 2 is 0.338 bits per heavy atom. The van der Waals surface area contributed by atoms with Crippen LogP contribution in [-0.4, -0.2) is 6.29 Å². The third-order valence-electron chi connectivity index (χ3n) is 5.54. The van der Waals surface area contributed by atoms with Crippen LogP contribution in [0.4, 0.5) is 0 Å². The fourth-order valence-electron chi connectivity index (χ4n) is 3.19. The molecule has 0 bridgehead atoms. The minimum absolute atomic E-state index is 0.829. The Morgan fingerprint density at radius 3 is 0.437 bits per heavy atom. The molecule has 1 rings (SSSR count). The fourth-order valence-corrected chi connectivity index (χ4v) is 3.19. The topological polar surface area (TPSA) is 17.1 Å². The number of hydrogen-bond donors (Lipinski definition) is 0. The van der Waals surface area contributed by atoms with E-state index in [0.29, 0.717) is 0 Å². The number of carbonyl (C=O) groups is 1. The predicted octanol–water partition coefficient (Wildman–Crippen LogP) is 3.55. The van der Waals surface area contributed by atoms with Crippen molar-refractivity contribution in [1.29, 1.82) is 0 Å². The van der Waals surface area contributed by atoms with E-state index in [2.05, 4.69) is 343 Å². The zero-order chi connectivity index (χ0) is 51.4. The van der Waals surface area contributed by atoms with Crippen molar-refractivity contribution in [2.75, 3.05) is 0 Å². The van der Waals surface area contributed by atoms with Crippen molar-refractivity contribution in [3.05, 3.63) is 34.4 Å². The van der Waals surface area contributed by atoms with Crippen LogP contribution < -0.4 is 0 Å². The number of aryl methyl sites for hydroxylation is 3. The zero-order valence-corrected chi connectivity index (χ0v) is 38.1. The standard InChI is InChI=1S/C60H6.C10H12O/c1-3-5-7-9-11-13-15-17-19-21-23-25-27-29-31-33-35-37-39-41-43-45-47-49-51-53-55-57-59-60-58-56-54-52-50-48-46-44-42-40-38-36-34-32-30-28-26-24-22-20-18-16-14-12-10-8-6-4-2;1-7-4-8(2)10(6-11)9(3)5-7/h1-2H3;4-6H,1-3H3. The predicted molar refractivity (Wildman–Crippen MR) is 283 cm³/mol. The summed E-state index contributed by atoms with van der Waals surface area (Å²) in [5.74, 6) is 146. The molecule has 0 aromatic heterocycles. The quantitative estimate of drug-likeness (QED) is 0.312. The van der Waals surface area contributed by atoms with Crippen LogP contribution in [0.3, 0.4) is 0 Å². The minimum Gasteiger partial charge on any atom is -0.298 e. The highest BCUT2D eigenvalue weighted by atomic mass is 16.1. The molecule has 1 aromatic rings. The van der Waals surface area contributed by atoms with Crippen LogP contribution in [-0.2, 0) is 0 Å². The highest BCUT2D eigenvalue weighted by molar-refractivity contribution is 5.79. The molecule has 304 valence electrons. The van der Waals surface area contributed by atoms with Crippen LogP contribution in [0.15, 0.2) is 12.1 Å². The lowest BCUT2D eigenvalue weighted by atomic mass is 10.0. The van der Waals surface area contributed by atoms with E-state index in [1.54, 1.807) is 13.8 Å². The Balaban J connectivity index is 0.00000388. The lowest BCUT2D eigenvalue weighted by Gasteiger charge is -2.03. The fraction of sp³-hybridized carbons (Fsp3) is 0.0714. The van der Waals surface area contributed by atoms with Crippen molar-refractivity contribution in [2.24, 2.45) is 0 Å². The summed E-state index contributed by atoms with van der Waals surface area (Å²) >= 11 is 0. The van der Waals surface area contributed by atoms with Crippen LogP contribution in [0.25, 0.3) is 0 Å². The first-order valence-corrected chi connectivity index (χ1v) is 18.9. The Bertz CT molecular complexity index is 4070. The number of benzene rings is 1. The summed E-state index contributed by atoms with van der Waals surface area (Å²) in [5, 5.41) is 0. The van der Waals surface area contributed by atoms with Gasteiger partial charge in [0.2, 0.25) is 0 Å². The molecule has 0 atom stereocenters. The van der Waals surface area contributed by atoms with E-state index in [4.69, 9.17) is 0 Å². The summed E-state index contributed by atoms with van der Waals surface area (Å²) in [6.07, 6.45) is 0.921. The molecule has 0 saturated carbocycles. The van der Waals surface area contributed by atoms with E-state index in [-0.39, 0.29) is 0 Å². The molecule has 1 heteroatoms. The summed E-state index contributed by atoms with van der Waals surface area (Å²) in [5.41, 5.74) is 4.18. The van der Waals surface area contributed by atoms with Gasteiger partial charge in [0.05, 0.1) is 0 Å². The Morgan fingerprint density at radius 1 is 0.225 bits per heavy atom. The second kappa shape index (κ2) is 48.8. The van der Waals surface area contributed by atoms with Gasteiger partial charge in [0.1, 0.15) is 0 Å². The van der Waals surface area contributed by atoms with E-state index < -0.39 is 0 Å². The van der Waals surface area contributed by atoms with Gasteiger partial charge in [-0.3, -0.25) is 4.79 Å². The molecule has 0 heterocycles. The van der Waals surface area contributed by atoms with Gasteiger partial charge in [0, 0.05) is 242 Å². The molecule has 0 spiro atoms. The molecule has 0 N–H and O–H groups in total. The van der Waals surface area contributed by atoms with Crippen molar-refractivity contribution < 1.29 is 4.79 Å². The summed E-state index contributed by atoms with van der Waals surface area (Å²) in [4.78, 5) is 10.6. The normalized spacial score (nSPS) is 4.86. The molecule has 71 heavy (non-hydrogen) atoms. The first kappa shape index (κ1) is 57.1. The molecule has 1 aromatic carbocycles. The Hall–Kier alpha value is -13.9. The maximum absolute atomic E-state index is 10.6. The molecule has 0 radical (unpaired) electrons. The third-order valence-corrected chi connectivity index (χ3v) is 5.54. The Labute approximate surface area is 421 Å². The van der Waals surface area contributed by atoms with Crippen molar-refractivity contribution in [2.45, 2.75) is 34.6 Å². The van der Waals surface area contributed by atoms with E-state index in [1.807, 2.05) is 32.9 Å². The van der Waals surface area contributed by atoms with E-state index >= 15 is 0 Å². The maximum atomic E-state index is 10.6. The van der Waals surface area contributed by atoms with E-state index in [9.17, 15) is 4.79 Å². The van der Waals surface area contributed by atoms with Gasteiger partial charge in [-0.2, -0.15) is 0 Å². The molecule has 0 saturated heterocycles. The summed E-state index contributed by atoms with van der Waals surface area (Å²) in [7, 11) is 0. The smallest absolute Gasteiger partial charge is 0.150 e. The van der Waals surface area contributed by atoms with Gasteiger partial charge < -0.3 is 0 Å². The monoisotopic (exact) mass is 874 g/mol. The Kier molecular flexibility index (Phi) is 39.3. The summed E-state index contributed by atoms with van der Waals surface area (Å²) in [6, 6.07) is 4.05. The lowest BCUT2D eigenvalue weighted by molar-refractivity contribution is 0.112. The van der Waals surface area contributed by atoms with Crippen LogP contribution in [0.1, 0.15) is 40.9 Å². The zero-order valence-electron chi connectivity index (χ0n) is 38.1. The van der Waals surface area contributed by atoms with Crippen molar-refractivity contribution in [3.8, 4) is 343 Å². The molecular formula is C70H18O. The average Bonchev–Trinajstić information content (AvgIpc) is 3.36. The molecular weight excluding hydrogens is 857 g/mol. The van der Waals surface area contributed by atoms with Gasteiger partial charge in [0.25, 0.3) is 0 Å². The van der Waals surface area contributed by atoms with Crippen molar-refractivity contribution >= 4 is 6.29 Å². The van der Waals surface area contributed by atoms with Gasteiger partial charge in [0.15, 0.2) is 6.29 Å². The van der Waals surface area contributed by atoms with Crippen LogP contribution in [0.5, 0.6) is 0 Å². The largest absolute Gasteiger partial charge is 0.298 e. The van der Waals surface area contributed by atoms with Gasteiger partial charge >= 0.3 is 0 Å². The van der Waals surface area contributed by atoms with Gasteiger partial charge in [-0.05, 0) is 140 Å².